The first kappa shape index (κ1) is 18.3. The van der Waals surface area contributed by atoms with Gasteiger partial charge < -0.3 is 0 Å². The van der Waals surface area contributed by atoms with Crippen molar-refractivity contribution in [2.75, 3.05) is 5.75 Å². The van der Waals surface area contributed by atoms with Crippen molar-refractivity contribution in [3.05, 3.63) is 68.1 Å². The molecule has 0 atom stereocenters. The summed E-state index contributed by atoms with van der Waals surface area (Å²) >= 11 is 17.0. The minimum absolute atomic E-state index is 0.179. The SMILES string of the molecule is O=C(CSCc1ccccc1Br)N/N=C\c1c(Cl)cccc1Cl. The van der Waals surface area contributed by atoms with E-state index in [0.29, 0.717) is 21.4 Å². The number of nitrogens with one attached hydrogen (secondary N) is 1. The van der Waals surface area contributed by atoms with Gasteiger partial charge >= 0.3 is 0 Å². The summed E-state index contributed by atoms with van der Waals surface area (Å²) in [6.07, 6.45) is 1.45. The fraction of sp³-hybridized carbons (Fsp3) is 0.125. The highest BCUT2D eigenvalue weighted by Crippen LogP contribution is 2.22. The van der Waals surface area contributed by atoms with Gasteiger partial charge in [-0.2, -0.15) is 5.10 Å². The van der Waals surface area contributed by atoms with Crippen LogP contribution in [0, 0.1) is 0 Å². The van der Waals surface area contributed by atoms with Crippen LogP contribution in [0.5, 0.6) is 0 Å². The second kappa shape index (κ2) is 9.33. The Kier molecular flexibility index (Phi) is 7.43. The molecule has 0 aromatic heterocycles. The number of hydrazone groups is 1. The highest BCUT2D eigenvalue weighted by molar-refractivity contribution is 9.10. The molecule has 3 nitrogen and oxygen atoms in total. The molecule has 0 unspecified atom stereocenters. The Hall–Kier alpha value is -1.01. The molecule has 2 rings (SSSR count). The van der Waals surface area contributed by atoms with E-state index in [4.69, 9.17) is 23.2 Å². The standard InChI is InChI=1S/C16H13BrCl2N2OS/c17-13-5-2-1-4-11(13)9-23-10-16(22)21-20-8-12-14(18)6-3-7-15(12)19/h1-8H,9-10H2,(H,21,22)/b20-8-. The molecule has 0 spiro atoms. The summed E-state index contributed by atoms with van der Waals surface area (Å²) in [4.78, 5) is 11.8. The second-order valence-electron chi connectivity index (χ2n) is 4.51. The van der Waals surface area contributed by atoms with Crippen LogP contribution in [0.15, 0.2) is 52.0 Å². The molecular formula is C16H13BrCl2N2OS. The molecule has 0 radical (unpaired) electrons. The first-order chi connectivity index (χ1) is 11.1. The van der Waals surface area contributed by atoms with Crippen LogP contribution in [0.1, 0.15) is 11.1 Å². The zero-order valence-electron chi connectivity index (χ0n) is 11.9. The van der Waals surface area contributed by atoms with Crippen LogP contribution in [0.25, 0.3) is 0 Å². The smallest absolute Gasteiger partial charge is 0.250 e. The summed E-state index contributed by atoms with van der Waals surface area (Å²) in [6.45, 7) is 0. The van der Waals surface area contributed by atoms with Gasteiger partial charge in [-0.25, -0.2) is 5.43 Å². The maximum absolute atomic E-state index is 11.8. The fourth-order valence-corrected chi connectivity index (χ4v) is 3.63. The molecular weight excluding hydrogens is 419 g/mol. The number of benzene rings is 2. The summed E-state index contributed by atoms with van der Waals surface area (Å²) in [5.41, 5.74) is 4.20. The maximum Gasteiger partial charge on any atom is 0.250 e. The van der Waals surface area contributed by atoms with Crippen molar-refractivity contribution < 1.29 is 4.79 Å². The molecule has 2 aromatic rings. The minimum atomic E-state index is -0.179. The van der Waals surface area contributed by atoms with E-state index in [0.717, 1.165) is 15.8 Å². The number of nitrogens with zero attached hydrogens (tertiary/aromatic N) is 1. The highest BCUT2D eigenvalue weighted by atomic mass is 79.9. The molecule has 0 aliphatic rings. The van der Waals surface area contributed by atoms with Crippen LogP contribution in [0.4, 0.5) is 0 Å². The van der Waals surface area contributed by atoms with Crippen LogP contribution >= 0.6 is 50.9 Å². The first-order valence-corrected chi connectivity index (χ1v) is 9.35. The summed E-state index contributed by atoms with van der Waals surface area (Å²) in [7, 11) is 0. The third-order valence-corrected chi connectivity index (χ3v) is 5.25. The van der Waals surface area contributed by atoms with E-state index in [1.54, 1.807) is 18.2 Å². The molecule has 120 valence electrons. The number of carbonyl (C=O) groups excluding carboxylic acids is 1. The Balaban J connectivity index is 1.79. The van der Waals surface area contributed by atoms with Crippen molar-refractivity contribution in [2.24, 2.45) is 5.10 Å². The summed E-state index contributed by atoms with van der Waals surface area (Å²) in [6, 6.07) is 13.1. The number of rotatable bonds is 6. The van der Waals surface area contributed by atoms with Gasteiger partial charge in [-0.3, -0.25) is 4.79 Å². The van der Waals surface area contributed by atoms with Gasteiger partial charge in [-0.1, -0.05) is 63.4 Å². The fourth-order valence-electron chi connectivity index (χ4n) is 1.70. The molecule has 23 heavy (non-hydrogen) atoms. The van der Waals surface area contributed by atoms with Crippen molar-refractivity contribution in [3.8, 4) is 0 Å². The normalized spacial score (nSPS) is 10.9. The third kappa shape index (κ3) is 5.84. The Morgan fingerprint density at radius 1 is 1.17 bits per heavy atom. The van der Waals surface area contributed by atoms with Crippen molar-refractivity contribution in [1.82, 2.24) is 5.43 Å². The number of halogens is 3. The number of hydrogen-bond donors (Lipinski definition) is 1. The minimum Gasteiger partial charge on any atom is -0.272 e. The van der Waals surface area contributed by atoms with Gasteiger partial charge in [0.15, 0.2) is 0 Å². The predicted molar refractivity (Wildman–Crippen MR) is 103 cm³/mol. The lowest BCUT2D eigenvalue weighted by atomic mass is 10.2. The molecule has 0 saturated heterocycles. The third-order valence-electron chi connectivity index (χ3n) is 2.83. The Labute approximate surface area is 157 Å². The van der Waals surface area contributed by atoms with Crippen LogP contribution < -0.4 is 5.43 Å². The molecule has 0 bridgehead atoms. The number of amides is 1. The van der Waals surface area contributed by atoms with Crippen molar-refractivity contribution in [3.63, 3.8) is 0 Å². The first-order valence-electron chi connectivity index (χ1n) is 6.65. The summed E-state index contributed by atoms with van der Waals surface area (Å²) in [5.74, 6) is 0.880. The van der Waals surface area contributed by atoms with E-state index in [1.165, 1.54) is 18.0 Å². The van der Waals surface area contributed by atoms with Gasteiger partial charge in [-0.15, -0.1) is 11.8 Å². The van der Waals surface area contributed by atoms with Crippen LogP contribution in [0.3, 0.4) is 0 Å². The topological polar surface area (TPSA) is 41.5 Å². The molecule has 0 fully saturated rings. The Morgan fingerprint density at radius 2 is 1.87 bits per heavy atom. The summed E-state index contributed by atoms with van der Waals surface area (Å²) < 4.78 is 1.04. The largest absolute Gasteiger partial charge is 0.272 e. The van der Waals surface area contributed by atoms with E-state index in [1.807, 2.05) is 24.3 Å². The lowest BCUT2D eigenvalue weighted by Gasteiger charge is -2.04. The molecule has 0 saturated carbocycles. The lowest BCUT2D eigenvalue weighted by molar-refractivity contribution is -0.118. The monoisotopic (exact) mass is 430 g/mol. The van der Waals surface area contributed by atoms with Gasteiger partial charge in [-0.05, 0) is 23.8 Å². The molecule has 0 aliphatic carbocycles. The van der Waals surface area contributed by atoms with Crippen LogP contribution in [-0.4, -0.2) is 17.9 Å². The Bertz CT molecular complexity index is 705. The van der Waals surface area contributed by atoms with Crippen LogP contribution in [-0.2, 0) is 10.5 Å². The lowest BCUT2D eigenvalue weighted by Crippen LogP contribution is -2.19. The zero-order chi connectivity index (χ0) is 16.7. The molecule has 1 N–H and O–H groups in total. The summed E-state index contributed by atoms with van der Waals surface area (Å²) in [5, 5.41) is 4.86. The molecule has 1 amide bonds. The number of hydrogen-bond acceptors (Lipinski definition) is 3. The van der Waals surface area contributed by atoms with Gasteiger partial charge in [0.1, 0.15) is 0 Å². The average molecular weight is 432 g/mol. The quantitative estimate of drug-likeness (QED) is 0.508. The second-order valence-corrected chi connectivity index (χ2v) is 7.17. The van der Waals surface area contributed by atoms with E-state index >= 15 is 0 Å². The molecule has 0 aliphatic heterocycles. The zero-order valence-corrected chi connectivity index (χ0v) is 15.8. The van der Waals surface area contributed by atoms with E-state index in [9.17, 15) is 4.79 Å². The maximum atomic E-state index is 11.8. The van der Waals surface area contributed by atoms with Crippen molar-refractivity contribution in [2.45, 2.75) is 5.75 Å². The van der Waals surface area contributed by atoms with Crippen molar-refractivity contribution >= 4 is 63.0 Å². The van der Waals surface area contributed by atoms with E-state index in [2.05, 4.69) is 26.5 Å². The average Bonchev–Trinajstić information content (AvgIpc) is 2.52. The van der Waals surface area contributed by atoms with E-state index in [-0.39, 0.29) is 5.91 Å². The van der Waals surface area contributed by atoms with Gasteiger partial charge in [0.25, 0.3) is 0 Å². The highest BCUT2D eigenvalue weighted by Gasteiger charge is 2.04. The van der Waals surface area contributed by atoms with Crippen LogP contribution in [0.2, 0.25) is 10.0 Å². The number of carbonyl (C=O) groups is 1. The predicted octanol–water partition coefficient (Wildman–Crippen LogP) is 5.14. The van der Waals surface area contributed by atoms with Gasteiger partial charge in [0, 0.05) is 15.8 Å². The van der Waals surface area contributed by atoms with Gasteiger partial charge in [0.05, 0.1) is 22.0 Å². The molecule has 7 heteroatoms. The molecule has 2 aromatic carbocycles. The number of thioether (sulfide) groups is 1. The Morgan fingerprint density at radius 3 is 2.57 bits per heavy atom. The van der Waals surface area contributed by atoms with E-state index < -0.39 is 0 Å². The van der Waals surface area contributed by atoms with Gasteiger partial charge in [0.2, 0.25) is 5.91 Å². The molecule has 0 heterocycles. The van der Waals surface area contributed by atoms with Crippen molar-refractivity contribution in [1.29, 1.82) is 0 Å².